The monoisotopic (exact) mass is 267 g/mol. The number of piperazine rings is 1. The van der Waals surface area contributed by atoms with Crippen LogP contribution in [-0.4, -0.2) is 49.6 Å². The van der Waals surface area contributed by atoms with Crippen molar-refractivity contribution in [3.8, 4) is 0 Å². The number of rotatable bonds is 2. The number of likely N-dealkylation sites (N-methyl/N-ethyl adjacent to an activating group) is 1. The van der Waals surface area contributed by atoms with Crippen LogP contribution in [0.1, 0.15) is 40.0 Å². The molecule has 1 amide bonds. The molecule has 3 atom stereocenters. The zero-order valence-electron chi connectivity index (χ0n) is 12.8. The smallest absolute Gasteiger partial charge is 0.238 e. The van der Waals surface area contributed by atoms with Gasteiger partial charge in [-0.15, -0.1) is 0 Å². The van der Waals surface area contributed by atoms with E-state index in [1.165, 1.54) is 19.3 Å². The Kier molecular flexibility index (Phi) is 4.51. The van der Waals surface area contributed by atoms with Crippen LogP contribution in [0.15, 0.2) is 0 Å². The molecule has 1 aliphatic heterocycles. The van der Waals surface area contributed by atoms with Crippen molar-refractivity contribution in [3.63, 3.8) is 0 Å². The molecule has 2 fully saturated rings. The zero-order valence-corrected chi connectivity index (χ0v) is 12.8. The summed E-state index contributed by atoms with van der Waals surface area (Å²) in [7, 11) is 1.74. The Morgan fingerprint density at radius 3 is 2.79 bits per heavy atom. The van der Waals surface area contributed by atoms with E-state index in [9.17, 15) is 4.79 Å². The summed E-state index contributed by atoms with van der Waals surface area (Å²) in [6.45, 7) is 9.87. The summed E-state index contributed by atoms with van der Waals surface area (Å²) < 4.78 is 0. The molecule has 0 radical (unpaired) electrons. The average molecular weight is 267 g/mol. The van der Waals surface area contributed by atoms with Crippen molar-refractivity contribution in [1.82, 2.24) is 15.5 Å². The first kappa shape index (κ1) is 14.8. The van der Waals surface area contributed by atoms with Crippen LogP contribution in [0.2, 0.25) is 0 Å². The summed E-state index contributed by atoms with van der Waals surface area (Å²) in [5.41, 5.74) is 0.465. The van der Waals surface area contributed by atoms with Gasteiger partial charge >= 0.3 is 0 Å². The highest BCUT2D eigenvalue weighted by Crippen LogP contribution is 2.40. The van der Waals surface area contributed by atoms with E-state index in [1.807, 2.05) is 0 Å². The van der Waals surface area contributed by atoms with E-state index in [0.29, 0.717) is 17.4 Å². The molecule has 110 valence electrons. The fourth-order valence-electron chi connectivity index (χ4n) is 3.95. The Morgan fingerprint density at radius 1 is 1.42 bits per heavy atom. The van der Waals surface area contributed by atoms with Crippen LogP contribution >= 0.6 is 0 Å². The molecule has 2 rings (SSSR count). The number of nitrogens with one attached hydrogen (secondary N) is 2. The molecule has 4 nitrogen and oxygen atoms in total. The third kappa shape index (κ3) is 3.29. The Morgan fingerprint density at radius 2 is 2.16 bits per heavy atom. The van der Waals surface area contributed by atoms with E-state index >= 15 is 0 Å². The average Bonchev–Trinajstić information content (AvgIpc) is 2.37. The second-order valence-corrected chi connectivity index (χ2v) is 7.02. The van der Waals surface area contributed by atoms with Crippen molar-refractivity contribution in [1.29, 1.82) is 0 Å². The summed E-state index contributed by atoms with van der Waals surface area (Å²) in [4.78, 5) is 14.5. The third-order valence-electron chi connectivity index (χ3n) is 4.91. The topological polar surface area (TPSA) is 44.4 Å². The van der Waals surface area contributed by atoms with E-state index in [1.54, 1.807) is 7.05 Å². The first-order valence-corrected chi connectivity index (χ1v) is 7.63. The lowest BCUT2D eigenvalue weighted by Gasteiger charge is -2.48. The van der Waals surface area contributed by atoms with Crippen molar-refractivity contribution in [3.05, 3.63) is 0 Å². The van der Waals surface area contributed by atoms with E-state index in [2.05, 4.69) is 36.3 Å². The predicted molar refractivity (Wildman–Crippen MR) is 78.0 cm³/mol. The van der Waals surface area contributed by atoms with Gasteiger partial charge in [-0.1, -0.05) is 20.8 Å². The number of amides is 1. The van der Waals surface area contributed by atoms with E-state index in [-0.39, 0.29) is 11.9 Å². The van der Waals surface area contributed by atoms with E-state index in [0.717, 1.165) is 19.6 Å². The van der Waals surface area contributed by atoms with Gasteiger partial charge in [0, 0.05) is 32.7 Å². The van der Waals surface area contributed by atoms with Gasteiger partial charge < -0.3 is 10.6 Å². The Hall–Kier alpha value is -0.610. The molecule has 19 heavy (non-hydrogen) atoms. The van der Waals surface area contributed by atoms with Gasteiger partial charge in [-0.25, -0.2) is 0 Å². The van der Waals surface area contributed by atoms with Crippen molar-refractivity contribution >= 4 is 5.91 Å². The van der Waals surface area contributed by atoms with Crippen molar-refractivity contribution in [2.24, 2.45) is 11.3 Å². The van der Waals surface area contributed by atoms with Gasteiger partial charge in [-0.3, -0.25) is 9.69 Å². The molecule has 4 heteroatoms. The summed E-state index contributed by atoms with van der Waals surface area (Å²) in [5, 5.41) is 6.16. The molecule has 1 heterocycles. The molecule has 0 bridgehead atoms. The standard InChI is InChI=1S/C15H29N3O/c1-11-9-15(2,3)6-5-12(11)18-8-7-17-10-13(18)14(19)16-4/h11-13,17H,5-10H2,1-4H3,(H,16,19). The van der Waals surface area contributed by atoms with Crippen molar-refractivity contribution in [2.75, 3.05) is 26.7 Å². The lowest BCUT2D eigenvalue weighted by molar-refractivity contribution is -0.129. The van der Waals surface area contributed by atoms with Gasteiger partial charge in [0.05, 0.1) is 0 Å². The van der Waals surface area contributed by atoms with Gasteiger partial charge in [0.25, 0.3) is 0 Å². The number of hydrogen-bond acceptors (Lipinski definition) is 3. The molecule has 2 aliphatic rings. The second kappa shape index (κ2) is 5.80. The van der Waals surface area contributed by atoms with Crippen LogP contribution in [0.4, 0.5) is 0 Å². The highest BCUT2D eigenvalue weighted by molar-refractivity contribution is 5.81. The SMILES string of the molecule is CNC(=O)C1CNCCN1C1CCC(C)(C)CC1C. The van der Waals surface area contributed by atoms with Crippen LogP contribution < -0.4 is 10.6 Å². The normalized spacial score (nSPS) is 35.9. The second-order valence-electron chi connectivity index (χ2n) is 7.02. The van der Waals surface area contributed by atoms with Gasteiger partial charge in [-0.2, -0.15) is 0 Å². The molecule has 1 saturated carbocycles. The molecular weight excluding hydrogens is 238 g/mol. The van der Waals surface area contributed by atoms with Crippen molar-refractivity contribution in [2.45, 2.75) is 52.1 Å². The van der Waals surface area contributed by atoms with Crippen LogP contribution in [0.3, 0.4) is 0 Å². The van der Waals surface area contributed by atoms with Gasteiger partial charge in [0.1, 0.15) is 6.04 Å². The largest absolute Gasteiger partial charge is 0.358 e. The predicted octanol–water partition coefficient (Wildman–Crippen LogP) is 1.22. The number of nitrogens with zero attached hydrogens (tertiary/aromatic N) is 1. The molecule has 0 spiro atoms. The first-order chi connectivity index (χ1) is 8.94. The maximum absolute atomic E-state index is 12.1. The molecule has 2 N–H and O–H groups in total. The van der Waals surface area contributed by atoms with Crippen LogP contribution in [0.25, 0.3) is 0 Å². The molecule has 0 aromatic rings. The number of carbonyl (C=O) groups excluding carboxylic acids is 1. The lowest BCUT2D eigenvalue weighted by Crippen LogP contribution is -2.62. The highest BCUT2D eigenvalue weighted by atomic mass is 16.2. The lowest BCUT2D eigenvalue weighted by atomic mass is 9.70. The first-order valence-electron chi connectivity index (χ1n) is 7.63. The maximum atomic E-state index is 12.1. The Labute approximate surface area is 117 Å². The third-order valence-corrected chi connectivity index (χ3v) is 4.91. The van der Waals surface area contributed by atoms with Crippen molar-refractivity contribution < 1.29 is 4.79 Å². The fourth-order valence-corrected chi connectivity index (χ4v) is 3.95. The van der Waals surface area contributed by atoms with Crippen LogP contribution in [-0.2, 0) is 4.79 Å². The van der Waals surface area contributed by atoms with Gasteiger partial charge in [0.2, 0.25) is 5.91 Å². The van der Waals surface area contributed by atoms with Crippen LogP contribution in [0, 0.1) is 11.3 Å². The molecule has 3 unspecified atom stereocenters. The van der Waals surface area contributed by atoms with E-state index in [4.69, 9.17) is 0 Å². The molecule has 1 aliphatic carbocycles. The van der Waals surface area contributed by atoms with Gasteiger partial charge in [0.15, 0.2) is 0 Å². The molecule has 0 aromatic heterocycles. The minimum atomic E-state index is 0.00686. The maximum Gasteiger partial charge on any atom is 0.238 e. The molecule has 0 aromatic carbocycles. The highest BCUT2D eigenvalue weighted by Gasteiger charge is 2.40. The Bertz CT molecular complexity index is 329. The minimum Gasteiger partial charge on any atom is -0.358 e. The summed E-state index contributed by atoms with van der Waals surface area (Å²) in [5.74, 6) is 0.832. The van der Waals surface area contributed by atoms with Crippen LogP contribution in [0.5, 0.6) is 0 Å². The molecule has 1 saturated heterocycles. The zero-order chi connectivity index (χ0) is 14.0. The minimum absolute atomic E-state index is 0.00686. The number of carbonyl (C=O) groups is 1. The van der Waals surface area contributed by atoms with E-state index < -0.39 is 0 Å². The Balaban J connectivity index is 2.08. The molecular formula is C15H29N3O. The summed E-state index contributed by atoms with van der Waals surface area (Å²) >= 11 is 0. The summed E-state index contributed by atoms with van der Waals surface area (Å²) in [6, 6.07) is 0.574. The summed E-state index contributed by atoms with van der Waals surface area (Å²) in [6.07, 6.45) is 3.76. The quantitative estimate of drug-likeness (QED) is 0.791. The fraction of sp³-hybridized carbons (Fsp3) is 0.933. The van der Waals surface area contributed by atoms with Gasteiger partial charge in [-0.05, 0) is 30.6 Å². The number of hydrogen-bond donors (Lipinski definition) is 2.